The van der Waals surface area contributed by atoms with E-state index in [0.717, 1.165) is 11.3 Å². The number of imidazole rings is 1. The molecule has 3 heterocycles. The highest BCUT2D eigenvalue weighted by Crippen LogP contribution is 2.06. The summed E-state index contributed by atoms with van der Waals surface area (Å²) in [4.78, 5) is 13.9. The monoisotopic (exact) mass is 434 g/mol. The van der Waals surface area contributed by atoms with Crippen molar-refractivity contribution in [3.05, 3.63) is 46.5 Å². The molecule has 3 aromatic rings. The van der Waals surface area contributed by atoms with Crippen LogP contribution in [-0.2, 0) is 4.79 Å². The molecule has 148 valence electrons. The Morgan fingerprint density at radius 2 is 1.74 bits per heavy atom. The Labute approximate surface area is 172 Å². The summed E-state index contributed by atoms with van der Waals surface area (Å²) in [5.74, 6) is 0.543. The van der Waals surface area contributed by atoms with E-state index < -0.39 is 0 Å². The summed E-state index contributed by atoms with van der Waals surface area (Å²) in [6, 6.07) is 6.74. The number of nitrogens with zero attached hydrogens (tertiary/aromatic N) is 5. The molecule has 0 aromatic carbocycles. The summed E-state index contributed by atoms with van der Waals surface area (Å²) in [6.07, 6.45) is 1.83. The molecule has 0 unspecified atom stereocenters. The number of rotatable bonds is 1. The van der Waals surface area contributed by atoms with Crippen LogP contribution < -0.4 is 5.73 Å². The van der Waals surface area contributed by atoms with Crippen LogP contribution in [0.3, 0.4) is 0 Å². The number of fused-ring (bicyclic) bond motifs is 1. The first kappa shape index (κ1) is 25.0. The molecular weight excluding hydrogens is 415 g/mol. The summed E-state index contributed by atoms with van der Waals surface area (Å²) >= 11 is 16.0. The van der Waals surface area contributed by atoms with E-state index >= 15 is 0 Å². The smallest absolute Gasteiger partial charge is 0.153 e. The van der Waals surface area contributed by atoms with E-state index in [-0.39, 0.29) is 18.3 Å². The van der Waals surface area contributed by atoms with Crippen molar-refractivity contribution in [2.75, 3.05) is 18.2 Å². The standard InChI is InChI=1S/C7H6ClN3.C4H4ClN3.C3H5ClO.C2H6O/c1-5-4-11-7(9-5)3-2-6(8)10-11;5-3-1-2-4(6)8-7-3;1-3(5)2-4;1-2-3/h2-4H,1H3;1-2H,(H2,6,8);2H2,1H3;3H,2H2,1H3. The van der Waals surface area contributed by atoms with Gasteiger partial charge in [-0.1, -0.05) is 23.2 Å². The van der Waals surface area contributed by atoms with Crippen molar-refractivity contribution in [1.82, 2.24) is 24.8 Å². The molecule has 27 heavy (non-hydrogen) atoms. The van der Waals surface area contributed by atoms with Gasteiger partial charge < -0.3 is 10.8 Å². The molecule has 0 atom stereocenters. The van der Waals surface area contributed by atoms with Crippen LogP contribution in [-0.4, -0.2) is 48.2 Å². The van der Waals surface area contributed by atoms with Crippen LogP contribution in [0.5, 0.6) is 0 Å². The number of nitrogen functional groups attached to an aromatic ring is 1. The van der Waals surface area contributed by atoms with E-state index in [2.05, 4.69) is 20.3 Å². The molecule has 0 spiro atoms. The van der Waals surface area contributed by atoms with Gasteiger partial charge in [-0.05, 0) is 45.0 Å². The highest BCUT2D eigenvalue weighted by atomic mass is 35.5. The zero-order valence-electron chi connectivity index (χ0n) is 15.1. The minimum atomic E-state index is 0.0201. The van der Waals surface area contributed by atoms with Gasteiger partial charge in [0.25, 0.3) is 0 Å². The number of carbonyl (C=O) groups excluding carboxylic acids is 1. The molecule has 0 amide bonds. The first-order valence-corrected chi connectivity index (χ1v) is 8.92. The predicted molar refractivity (Wildman–Crippen MR) is 108 cm³/mol. The molecule has 0 radical (unpaired) electrons. The zero-order valence-corrected chi connectivity index (χ0v) is 17.4. The maximum atomic E-state index is 9.68. The maximum Gasteiger partial charge on any atom is 0.153 e. The highest BCUT2D eigenvalue weighted by Gasteiger charge is 1.97. The van der Waals surface area contributed by atoms with E-state index in [1.807, 2.05) is 19.2 Å². The minimum Gasteiger partial charge on any atom is -0.397 e. The van der Waals surface area contributed by atoms with Crippen LogP contribution in [0.1, 0.15) is 19.5 Å². The number of anilines is 1. The fourth-order valence-electron chi connectivity index (χ4n) is 1.30. The number of aryl methyl sites for hydroxylation is 1. The maximum absolute atomic E-state index is 9.68. The number of halogens is 3. The Bertz CT molecular complexity index is 791. The molecule has 3 rings (SSSR count). The van der Waals surface area contributed by atoms with Crippen molar-refractivity contribution in [2.45, 2.75) is 20.8 Å². The Morgan fingerprint density at radius 1 is 1.19 bits per heavy atom. The summed E-state index contributed by atoms with van der Waals surface area (Å²) < 4.78 is 1.66. The number of ketones is 1. The molecule has 3 N–H and O–H groups in total. The van der Waals surface area contributed by atoms with Crippen LogP contribution in [0.2, 0.25) is 10.3 Å². The van der Waals surface area contributed by atoms with Gasteiger partial charge in [0, 0.05) is 6.61 Å². The Kier molecular flexibility index (Phi) is 13.1. The van der Waals surface area contributed by atoms with Crippen molar-refractivity contribution in [1.29, 1.82) is 0 Å². The number of nitrogens with two attached hydrogens (primary N) is 1. The quantitative estimate of drug-likeness (QED) is 0.563. The molecular formula is C16H21Cl3N6O2. The molecule has 11 heteroatoms. The van der Waals surface area contributed by atoms with Crippen LogP contribution in [0.15, 0.2) is 30.5 Å². The fourth-order valence-corrected chi connectivity index (χ4v) is 1.55. The van der Waals surface area contributed by atoms with Gasteiger partial charge >= 0.3 is 0 Å². The summed E-state index contributed by atoms with van der Waals surface area (Å²) in [5.41, 5.74) is 6.96. The van der Waals surface area contributed by atoms with E-state index in [1.165, 1.54) is 6.92 Å². The SMILES string of the molecule is CC(=O)CCl.CCO.Cc1cn2nc(Cl)ccc2n1.Nc1ccc(Cl)nn1. The Hall–Kier alpha value is -2.00. The number of hydrogen-bond acceptors (Lipinski definition) is 7. The van der Waals surface area contributed by atoms with Gasteiger partial charge in [-0.3, -0.25) is 4.79 Å². The van der Waals surface area contributed by atoms with Crippen molar-refractivity contribution in [2.24, 2.45) is 0 Å². The third-order valence-corrected chi connectivity index (χ3v) is 3.03. The van der Waals surface area contributed by atoms with Crippen molar-refractivity contribution >= 4 is 52.1 Å². The number of aromatic nitrogens is 5. The summed E-state index contributed by atoms with van der Waals surface area (Å²) in [5, 5.41) is 19.4. The minimum absolute atomic E-state index is 0.0201. The molecule has 0 aliphatic rings. The molecule has 0 fully saturated rings. The van der Waals surface area contributed by atoms with Gasteiger partial charge in [-0.2, -0.15) is 5.10 Å². The van der Waals surface area contributed by atoms with Crippen LogP contribution in [0.25, 0.3) is 5.65 Å². The predicted octanol–water partition coefficient (Wildman–Crippen LogP) is 3.22. The van der Waals surface area contributed by atoms with Crippen LogP contribution >= 0.6 is 34.8 Å². The zero-order chi connectivity index (χ0) is 20.8. The van der Waals surface area contributed by atoms with Crippen LogP contribution in [0.4, 0.5) is 5.82 Å². The number of aliphatic hydroxyl groups is 1. The van der Waals surface area contributed by atoms with Crippen molar-refractivity contribution in [3.8, 4) is 0 Å². The van der Waals surface area contributed by atoms with Crippen molar-refractivity contribution < 1.29 is 9.90 Å². The number of alkyl halides is 1. The van der Waals surface area contributed by atoms with Gasteiger partial charge in [0.2, 0.25) is 0 Å². The molecule has 8 nitrogen and oxygen atoms in total. The average molecular weight is 436 g/mol. The number of Topliss-reactive ketones (excluding diaryl/α,β-unsaturated/α-hetero) is 1. The number of hydrogen-bond donors (Lipinski definition) is 2. The van der Waals surface area contributed by atoms with Gasteiger partial charge in [0.05, 0.1) is 17.8 Å². The second-order valence-corrected chi connectivity index (χ2v) is 5.82. The summed E-state index contributed by atoms with van der Waals surface area (Å²) in [7, 11) is 0. The van der Waals surface area contributed by atoms with Gasteiger partial charge in [0.15, 0.2) is 10.8 Å². The molecule has 0 saturated heterocycles. The van der Waals surface area contributed by atoms with E-state index in [1.54, 1.807) is 29.6 Å². The van der Waals surface area contributed by atoms with E-state index in [4.69, 9.17) is 45.6 Å². The second-order valence-electron chi connectivity index (χ2n) is 4.77. The van der Waals surface area contributed by atoms with Crippen molar-refractivity contribution in [3.63, 3.8) is 0 Å². The Morgan fingerprint density at radius 3 is 2.19 bits per heavy atom. The van der Waals surface area contributed by atoms with E-state index in [0.29, 0.717) is 16.1 Å². The Balaban J connectivity index is 0.000000373. The van der Waals surface area contributed by atoms with Gasteiger partial charge in [-0.15, -0.1) is 21.8 Å². The molecule has 3 aromatic heterocycles. The second kappa shape index (κ2) is 14.1. The lowest BCUT2D eigenvalue weighted by Crippen LogP contribution is -1.90. The highest BCUT2D eigenvalue weighted by molar-refractivity contribution is 6.29. The number of carbonyl (C=O) groups is 1. The third-order valence-electron chi connectivity index (χ3n) is 2.25. The largest absolute Gasteiger partial charge is 0.397 e. The summed E-state index contributed by atoms with van der Waals surface area (Å²) in [6.45, 7) is 5.30. The number of aliphatic hydroxyl groups excluding tert-OH is 1. The lowest BCUT2D eigenvalue weighted by atomic mass is 10.5. The third kappa shape index (κ3) is 12.1. The first-order chi connectivity index (χ1) is 12.7. The lowest BCUT2D eigenvalue weighted by molar-refractivity contribution is -0.114. The van der Waals surface area contributed by atoms with E-state index in [9.17, 15) is 4.79 Å². The molecule has 0 aliphatic heterocycles. The topological polar surface area (TPSA) is 119 Å². The van der Waals surface area contributed by atoms with Gasteiger partial charge in [-0.25, -0.2) is 9.50 Å². The fraction of sp³-hybridized carbons (Fsp3) is 0.312. The van der Waals surface area contributed by atoms with Crippen LogP contribution in [0, 0.1) is 6.92 Å². The normalized spacial score (nSPS) is 9.15. The molecule has 0 saturated carbocycles. The molecule has 0 aliphatic carbocycles. The first-order valence-electron chi connectivity index (χ1n) is 7.62. The lowest BCUT2D eigenvalue weighted by Gasteiger charge is -1.89. The average Bonchev–Trinajstić information content (AvgIpc) is 2.98. The molecule has 0 bridgehead atoms. The van der Waals surface area contributed by atoms with Gasteiger partial charge in [0.1, 0.15) is 16.8 Å².